The molecule has 3 nitrogen and oxygen atoms in total. The van der Waals surface area contributed by atoms with E-state index in [0.717, 1.165) is 12.8 Å². The summed E-state index contributed by atoms with van der Waals surface area (Å²) in [5.41, 5.74) is 0.318. The summed E-state index contributed by atoms with van der Waals surface area (Å²) in [6.07, 6.45) is 8.33. The quantitative estimate of drug-likeness (QED) is 0.794. The molecule has 2 bridgehead atoms. The Kier molecular flexibility index (Phi) is 3.64. The van der Waals surface area contributed by atoms with Gasteiger partial charge in [0.2, 0.25) is 0 Å². The monoisotopic (exact) mass is 315 g/mol. The average Bonchev–Trinajstić information content (AvgIpc) is 2.61. The van der Waals surface area contributed by atoms with E-state index >= 15 is 0 Å². The van der Waals surface area contributed by atoms with Crippen LogP contribution in [0.15, 0.2) is 22.8 Å². The molecule has 20 heavy (non-hydrogen) atoms. The minimum absolute atomic E-state index is 0.265. The SMILES string of the molecule is CN1[C@@H]2CC[C@H]1CC(C1(Cl)C=C(Cl)CC(C(=O)O)=C1)C2. The lowest BCUT2D eigenvalue weighted by atomic mass is 9.77. The standard InChI is InChI=1S/C15H19Cl2NO2/c1-18-12-2-3-13(18)6-10(5-12)15(17)7-9(14(19)20)4-11(16)8-15/h7-8,10,12-13H,2-6H2,1H3,(H,19,20)/t10?,12-,13+,15?. The smallest absolute Gasteiger partial charge is 0.331 e. The van der Waals surface area contributed by atoms with Crippen LogP contribution in [0.2, 0.25) is 0 Å². The normalized spacial score (nSPS) is 41.2. The Morgan fingerprint density at radius 3 is 2.50 bits per heavy atom. The third-order valence-electron chi connectivity index (χ3n) is 5.13. The Bertz CT molecular complexity index is 488. The van der Waals surface area contributed by atoms with Crippen molar-refractivity contribution in [3.05, 3.63) is 22.8 Å². The molecule has 2 aliphatic heterocycles. The molecule has 1 aliphatic carbocycles. The zero-order valence-electron chi connectivity index (χ0n) is 11.5. The Morgan fingerprint density at radius 1 is 1.35 bits per heavy atom. The third-order valence-corrected chi connectivity index (χ3v) is 5.90. The largest absolute Gasteiger partial charge is 0.478 e. The lowest BCUT2D eigenvalue weighted by molar-refractivity contribution is -0.132. The number of nitrogens with zero attached hydrogens (tertiary/aromatic N) is 1. The molecule has 2 fully saturated rings. The van der Waals surface area contributed by atoms with Crippen LogP contribution in [0.3, 0.4) is 0 Å². The molecule has 0 saturated carbocycles. The van der Waals surface area contributed by atoms with Gasteiger partial charge in [0.1, 0.15) is 0 Å². The van der Waals surface area contributed by atoms with Crippen molar-refractivity contribution in [3.63, 3.8) is 0 Å². The molecule has 2 saturated heterocycles. The van der Waals surface area contributed by atoms with E-state index in [1.165, 1.54) is 12.8 Å². The highest BCUT2D eigenvalue weighted by molar-refractivity contribution is 6.33. The summed E-state index contributed by atoms with van der Waals surface area (Å²) >= 11 is 12.9. The van der Waals surface area contributed by atoms with E-state index in [1.807, 2.05) is 6.08 Å². The van der Waals surface area contributed by atoms with Crippen LogP contribution in [0, 0.1) is 5.92 Å². The van der Waals surface area contributed by atoms with Crippen LogP contribution >= 0.6 is 23.2 Å². The Balaban J connectivity index is 1.88. The van der Waals surface area contributed by atoms with E-state index in [9.17, 15) is 9.90 Å². The second-order valence-corrected chi connectivity index (χ2v) is 7.43. The van der Waals surface area contributed by atoms with Crippen molar-refractivity contribution in [2.75, 3.05) is 7.05 Å². The molecule has 2 heterocycles. The molecule has 0 amide bonds. The summed E-state index contributed by atoms with van der Waals surface area (Å²) in [5.74, 6) is -0.654. The molecule has 0 aromatic heterocycles. The molecule has 2 unspecified atom stereocenters. The number of carboxylic acids is 1. The molecule has 3 rings (SSSR count). The van der Waals surface area contributed by atoms with Gasteiger partial charge in [-0.15, -0.1) is 11.6 Å². The summed E-state index contributed by atoms with van der Waals surface area (Å²) in [4.78, 5) is 13.0. The summed E-state index contributed by atoms with van der Waals surface area (Å²) in [6.45, 7) is 0. The number of alkyl halides is 1. The topological polar surface area (TPSA) is 40.5 Å². The zero-order valence-corrected chi connectivity index (χ0v) is 13.0. The van der Waals surface area contributed by atoms with Crippen molar-refractivity contribution in [1.82, 2.24) is 4.90 Å². The first-order chi connectivity index (χ1) is 9.39. The van der Waals surface area contributed by atoms with E-state index in [1.54, 1.807) is 6.08 Å². The van der Waals surface area contributed by atoms with Crippen molar-refractivity contribution >= 4 is 29.2 Å². The van der Waals surface area contributed by atoms with Gasteiger partial charge in [0.05, 0.1) is 4.87 Å². The first-order valence-corrected chi connectivity index (χ1v) is 7.88. The Labute approximate surface area is 129 Å². The second kappa shape index (κ2) is 5.04. The molecular weight excluding hydrogens is 297 g/mol. The lowest BCUT2D eigenvalue weighted by Crippen LogP contribution is -2.45. The number of hydrogen-bond donors (Lipinski definition) is 1. The molecule has 3 aliphatic rings. The number of carboxylic acid groups (broad SMARTS) is 1. The number of halogens is 2. The van der Waals surface area contributed by atoms with Gasteiger partial charge in [-0.25, -0.2) is 4.79 Å². The number of rotatable bonds is 2. The van der Waals surface area contributed by atoms with Gasteiger partial charge >= 0.3 is 5.97 Å². The highest BCUT2D eigenvalue weighted by atomic mass is 35.5. The minimum Gasteiger partial charge on any atom is -0.478 e. The van der Waals surface area contributed by atoms with Crippen LogP contribution < -0.4 is 0 Å². The third kappa shape index (κ3) is 2.40. The van der Waals surface area contributed by atoms with Crippen molar-refractivity contribution in [2.24, 2.45) is 5.92 Å². The zero-order chi connectivity index (χ0) is 14.5. The molecule has 0 aromatic rings. The number of aliphatic carboxylic acids is 1. The van der Waals surface area contributed by atoms with E-state index in [-0.39, 0.29) is 12.3 Å². The number of carbonyl (C=O) groups is 1. The molecule has 1 N–H and O–H groups in total. The van der Waals surface area contributed by atoms with Gasteiger partial charge in [0.15, 0.2) is 0 Å². The van der Waals surface area contributed by atoms with Crippen LogP contribution in [0.5, 0.6) is 0 Å². The summed E-state index contributed by atoms with van der Waals surface area (Å²) < 4.78 is 0. The fraction of sp³-hybridized carbons (Fsp3) is 0.667. The van der Waals surface area contributed by atoms with Crippen LogP contribution in [0.25, 0.3) is 0 Å². The number of hydrogen-bond acceptors (Lipinski definition) is 2. The van der Waals surface area contributed by atoms with Crippen LogP contribution in [0.4, 0.5) is 0 Å². The van der Waals surface area contributed by atoms with Gasteiger partial charge in [0.25, 0.3) is 0 Å². The van der Waals surface area contributed by atoms with Crippen LogP contribution in [-0.2, 0) is 4.79 Å². The van der Waals surface area contributed by atoms with Crippen molar-refractivity contribution in [2.45, 2.75) is 49.1 Å². The van der Waals surface area contributed by atoms with Crippen LogP contribution in [0.1, 0.15) is 32.1 Å². The van der Waals surface area contributed by atoms with E-state index in [4.69, 9.17) is 23.2 Å². The van der Waals surface area contributed by atoms with Crippen molar-refractivity contribution in [1.29, 1.82) is 0 Å². The molecule has 0 spiro atoms. The van der Waals surface area contributed by atoms with E-state index in [2.05, 4.69) is 11.9 Å². The Morgan fingerprint density at radius 2 is 1.95 bits per heavy atom. The van der Waals surface area contributed by atoms with Gasteiger partial charge in [-0.2, -0.15) is 0 Å². The molecular formula is C15H19Cl2NO2. The second-order valence-electron chi connectivity index (χ2n) is 6.29. The lowest BCUT2D eigenvalue weighted by Gasteiger charge is -2.42. The van der Waals surface area contributed by atoms with Gasteiger partial charge in [-0.3, -0.25) is 0 Å². The number of allylic oxidation sites excluding steroid dienone is 3. The van der Waals surface area contributed by atoms with Gasteiger partial charge in [-0.05, 0) is 50.8 Å². The fourth-order valence-electron chi connectivity index (χ4n) is 3.98. The molecule has 4 atom stereocenters. The summed E-state index contributed by atoms with van der Waals surface area (Å²) in [7, 11) is 2.18. The number of piperidine rings is 1. The van der Waals surface area contributed by atoms with Crippen molar-refractivity contribution in [3.8, 4) is 0 Å². The van der Waals surface area contributed by atoms with Gasteiger partial charge in [0, 0.05) is 29.1 Å². The molecule has 110 valence electrons. The van der Waals surface area contributed by atoms with Crippen LogP contribution in [-0.4, -0.2) is 40.0 Å². The van der Waals surface area contributed by atoms with E-state index < -0.39 is 10.8 Å². The molecule has 0 radical (unpaired) electrons. The average molecular weight is 316 g/mol. The highest BCUT2D eigenvalue weighted by Gasteiger charge is 2.46. The predicted octanol–water partition coefficient (Wildman–Crippen LogP) is 3.37. The summed E-state index contributed by atoms with van der Waals surface area (Å²) in [5, 5.41) is 9.77. The molecule has 5 heteroatoms. The Hall–Kier alpha value is -0.510. The predicted molar refractivity (Wildman–Crippen MR) is 80.2 cm³/mol. The van der Waals surface area contributed by atoms with Gasteiger partial charge in [-0.1, -0.05) is 11.6 Å². The first-order valence-electron chi connectivity index (χ1n) is 7.12. The maximum absolute atomic E-state index is 11.2. The van der Waals surface area contributed by atoms with Crippen molar-refractivity contribution < 1.29 is 9.90 Å². The maximum Gasteiger partial charge on any atom is 0.331 e. The van der Waals surface area contributed by atoms with Gasteiger partial charge < -0.3 is 10.0 Å². The highest BCUT2D eigenvalue weighted by Crippen LogP contribution is 2.48. The number of fused-ring (bicyclic) bond motifs is 2. The van der Waals surface area contributed by atoms with E-state index in [0.29, 0.717) is 22.7 Å². The fourth-order valence-corrected chi connectivity index (χ4v) is 4.80. The maximum atomic E-state index is 11.2. The minimum atomic E-state index is -0.919. The summed E-state index contributed by atoms with van der Waals surface area (Å²) in [6, 6.07) is 1.15. The molecule has 0 aromatic carbocycles. The first kappa shape index (κ1) is 14.4.